The smallest absolute Gasteiger partial charge is 0.319 e. The molecule has 0 aliphatic carbocycles. The summed E-state index contributed by atoms with van der Waals surface area (Å²) in [5, 5.41) is 14.0. The molecule has 19 heavy (non-hydrogen) atoms. The van der Waals surface area contributed by atoms with Gasteiger partial charge in [-0.2, -0.15) is 0 Å². The van der Waals surface area contributed by atoms with Crippen molar-refractivity contribution in [3.63, 3.8) is 0 Å². The number of carboxylic acids is 1. The van der Waals surface area contributed by atoms with Crippen LogP contribution in [0.25, 0.3) is 0 Å². The number of nitrogens with one attached hydrogen (secondary N) is 2. The number of benzene rings is 1. The van der Waals surface area contributed by atoms with Gasteiger partial charge in [0.1, 0.15) is 0 Å². The van der Waals surface area contributed by atoms with Crippen molar-refractivity contribution < 1.29 is 14.7 Å². The van der Waals surface area contributed by atoms with Crippen LogP contribution < -0.4 is 10.6 Å². The second-order valence-corrected chi connectivity index (χ2v) is 4.87. The molecule has 0 spiro atoms. The molecule has 0 aliphatic rings. The minimum Gasteiger partial charge on any atom is -0.481 e. The van der Waals surface area contributed by atoms with E-state index in [1.54, 1.807) is 6.92 Å². The van der Waals surface area contributed by atoms with Gasteiger partial charge in [-0.3, -0.25) is 4.79 Å². The van der Waals surface area contributed by atoms with Gasteiger partial charge in [0.15, 0.2) is 0 Å². The molecular weight excluding hydrogens is 244 g/mol. The number of hydrogen-bond acceptors (Lipinski definition) is 2. The highest BCUT2D eigenvalue weighted by Gasteiger charge is 2.12. The summed E-state index contributed by atoms with van der Waals surface area (Å²) in [6.07, 6.45) is -0.0979. The van der Waals surface area contributed by atoms with Gasteiger partial charge < -0.3 is 15.7 Å². The molecule has 1 aromatic carbocycles. The number of aryl methyl sites for hydroxylation is 3. The van der Waals surface area contributed by atoms with Gasteiger partial charge in [-0.25, -0.2) is 4.79 Å². The molecule has 0 bridgehead atoms. The van der Waals surface area contributed by atoms with E-state index in [9.17, 15) is 9.59 Å². The van der Waals surface area contributed by atoms with Gasteiger partial charge in [0.05, 0.1) is 6.42 Å². The van der Waals surface area contributed by atoms with E-state index in [1.807, 2.05) is 32.9 Å². The SMILES string of the molecule is Cc1cc(C)c(NC(=O)NC(C)CC(=O)O)c(C)c1. The van der Waals surface area contributed by atoms with Crippen molar-refractivity contribution in [1.29, 1.82) is 0 Å². The summed E-state index contributed by atoms with van der Waals surface area (Å²) in [5.41, 5.74) is 3.88. The molecule has 0 radical (unpaired) electrons. The van der Waals surface area contributed by atoms with Crippen molar-refractivity contribution in [2.45, 2.75) is 40.2 Å². The first kappa shape index (κ1) is 15.0. The lowest BCUT2D eigenvalue weighted by Gasteiger charge is -2.16. The average Bonchev–Trinajstić information content (AvgIpc) is 2.21. The Morgan fingerprint density at radius 2 is 1.74 bits per heavy atom. The summed E-state index contributed by atoms with van der Waals surface area (Å²) >= 11 is 0. The van der Waals surface area contributed by atoms with E-state index >= 15 is 0 Å². The number of carbonyl (C=O) groups is 2. The Morgan fingerprint density at radius 3 is 2.21 bits per heavy atom. The molecule has 0 saturated heterocycles. The molecule has 3 N–H and O–H groups in total. The highest BCUT2D eigenvalue weighted by Crippen LogP contribution is 2.21. The number of rotatable bonds is 4. The Hall–Kier alpha value is -2.04. The zero-order chi connectivity index (χ0) is 14.6. The van der Waals surface area contributed by atoms with E-state index < -0.39 is 12.0 Å². The van der Waals surface area contributed by atoms with Crippen molar-refractivity contribution in [2.75, 3.05) is 5.32 Å². The van der Waals surface area contributed by atoms with E-state index in [1.165, 1.54) is 0 Å². The van der Waals surface area contributed by atoms with Crippen molar-refractivity contribution >= 4 is 17.7 Å². The fourth-order valence-electron chi connectivity index (χ4n) is 2.06. The number of carbonyl (C=O) groups excluding carboxylic acids is 1. The Balaban J connectivity index is 2.70. The summed E-state index contributed by atoms with van der Waals surface area (Å²) in [5.74, 6) is -0.935. The van der Waals surface area contributed by atoms with Crippen LogP contribution in [0, 0.1) is 20.8 Å². The fraction of sp³-hybridized carbons (Fsp3) is 0.429. The third kappa shape index (κ3) is 4.62. The van der Waals surface area contributed by atoms with E-state index in [2.05, 4.69) is 10.6 Å². The molecule has 2 amide bonds. The molecule has 0 aliphatic heterocycles. The summed E-state index contributed by atoms with van der Waals surface area (Å²) in [4.78, 5) is 22.3. The topological polar surface area (TPSA) is 78.4 Å². The van der Waals surface area contributed by atoms with Crippen molar-refractivity contribution in [3.05, 3.63) is 28.8 Å². The summed E-state index contributed by atoms with van der Waals surface area (Å²) in [6, 6.07) is 3.18. The maximum absolute atomic E-state index is 11.8. The predicted molar refractivity (Wildman–Crippen MR) is 74.5 cm³/mol. The number of anilines is 1. The minimum absolute atomic E-state index is 0.0979. The first-order chi connectivity index (χ1) is 8.79. The van der Waals surface area contributed by atoms with E-state index in [0.29, 0.717) is 0 Å². The lowest BCUT2D eigenvalue weighted by molar-refractivity contribution is -0.137. The van der Waals surface area contributed by atoms with Crippen molar-refractivity contribution in [1.82, 2.24) is 5.32 Å². The van der Waals surface area contributed by atoms with Crippen LogP contribution in [0.1, 0.15) is 30.0 Å². The van der Waals surface area contributed by atoms with Gasteiger partial charge in [-0.05, 0) is 38.8 Å². The van der Waals surface area contributed by atoms with Gasteiger partial charge in [0.2, 0.25) is 0 Å². The number of urea groups is 1. The van der Waals surface area contributed by atoms with Crippen LogP contribution in [0.15, 0.2) is 12.1 Å². The zero-order valence-electron chi connectivity index (χ0n) is 11.7. The molecule has 1 atom stereocenters. The van der Waals surface area contributed by atoms with Crippen LogP contribution in [0.5, 0.6) is 0 Å². The minimum atomic E-state index is -0.935. The first-order valence-electron chi connectivity index (χ1n) is 6.16. The average molecular weight is 264 g/mol. The Morgan fingerprint density at radius 1 is 1.21 bits per heavy atom. The molecule has 5 heteroatoms. The predicted octanol–water partition coefficient (Wildman–Crippen LogP) is 2.60. The van der Waals surface area contributed by atoms with Crippen LogP contribution in [-0.4, -0.2) is 23.1 Å². The zero-order valence-corrected chi connectivity index (χ0v) is 11.7. The van der Waals surface area contributed by atoms with Crippen LogP contribution in [0.4, 0.5) is 10.5 Å². The molecule has 104 valence electrons. The van der Waals surface area contributed by atoms with Gasteiger partial charge in [-0.1, -0.05) is 17.7 Å². The summed E-state index contributed by atoms with van der Waals surface area (Å²) in [7, 11) is 0. The largest absolute Gasteiger partial charge is 0.481 e. The van der Waals surface area contributed by atoms with E-state index in [-0.39, 0.29) is 12.5 Å². The third-order valence-corrected chi connectivity index (χ3v) is 2.77. The normalized spacial score (nSPS) is 11.8. The molecular formula is C14H20N2O3. The Kier molecular flexibility index (Phi) is 4.92. The molecule has 0 saturated carbocycles. The van der Waals surface area contributed by atoms with Gasteiger partial charge in [-0.15, -0.1) is 0 Å². The standard InChI is InChI=1S/C14H20N2O3/c1-8-5-9(2)13(10(3)6-8)16-14(19)15-11(4)7-12(17)18/h5-6,11H,7H2,1-4H3,(H,17,18)(H2,15,16,19). The van der Waals surface area contributed by atoms with Gasteiger partial charge in [0, 0.05) is 11.7 Å². The molecule has 1 rings (SSSR count). The lowest BCUT2D eigenvalue weighted by atomic mass is 10.1. The van der Waals surface area contributed by atoms with E-state index in [4.69, 9.17) is 5.11 Å². The molecule has 5 nitrogen and oxygen atoms in total. The molecule has 1 unspecified atom stereocenters. The second-order valence-electron chi connectivity index (χ2n) is 4.87. The van der Waals surface area contributed by atoms with Crippen molar-refractivity contribution in [3.8, 4) is 0 Å². The quantitative estimate of drug-likeness (QED) is 0.782. The Labute approximate surface area is 113 Å². The van der Waals surface area contributed by atoms with Crippen LogP contribution >= 0.6 is 0 Å². The fourth-order valence-corrected chi connectivity index (χ4v) is 2.06. The number of hydrogen-bond donors (Lipinski definition) is 3. The lowest BCUT2D eigenvalue weighted by Crippen LogP contribution is -2.37. The number of amides is 2. The van der Waals surface area contributed by atoms with Crippen LogP contribution in [-0.2, 0) is 4.79 Å². The van der Waals surface area contributed by atoms with E-state index in [0.717, 1.165) is 22.4 Å². The summed E-state index contributed by atoms with van der Waals surface area (Å²) < 4.78 is 0. The van der Waals surface area contributed by atoms with Crippen LogP contribution in [0.3, 0.4) is 0 Å². The maximum atomic E-state index is 11.8. The summed E-state index contributed by atoms with van der Waals surface area (Å²) in [6.45, 7) is 7.51. The van der Waals surface area contributed by atoms with Crippen molar-refractivity contribution in [2.24, 2.45) is 0 Å². The second kappa shape index (κ2) is 6.22. The third-order valence-electron chi connectivity index (χ3n) is 2.77. The molecule has 0 fully saturated rings. The first-order valence-corrected chi connectivity index (χ1v) is 6.16. The Bertz CT molecular complexity index is 474. The van der Waals surface area contributed by atoms with Crippen LogP contribution in [0.2, 0.25) is 0 Å². The number of carboxylic acid groups (broad SMARTS) is 1. The highest BCUT2D eigenvalue weighted by atomic mass is 16.4. The van der Waals surface area contributed by atoms with Gasteiger partial charge >= 0.3 is 12.0 Å². The van der Waals surface area contributed by atoms with Gasteiger partial charge in [0.25, 0.3) is 0 Å². The molecule has 0 aromatic heterocycles. The molecule has 1 aromatic rings. The monoisotopic (exact) mass is 264 g/mol. The number of aliphatic carboxylic acids is 1. The maximum Gasteiger partial charge on any atom is 0.319 e. The molecule has 0 heterocycles. The highest BCUT2D eigenvalue weighted by molar-refractivity contribution is 5.91.